The van der Waals surface area contributed by atoms with Gasteiger partial charge in [0.2, 0.25) is 5.82 Å². The fourth-order valence-corrected chi connectivity index (χ4v) is 12.2. The number of carboxylic acids is 7. The van der Waals surface area contributed by atoms with Gasteiger partial charge in [0.15, 0.2) is 51.1 Å². The number of nitrogens with zero attached hydrogens (tertiary/aromatic N) is 21. The SMILES string of the molecule is CC(C)(C)c1nnc2c(C(=O)O)cc(Br)cn12.CC(C)(C)c1nnc2c(C(=O)O)cc(F)cn12.CC(C)c1nnc2c(C(=O)O)cc(F)cn12.COCc1nnc2c(C(=O)O)cccn12.O=C(O)c1cc(Br)cn2c(C3CC3)nnc12.O=C(O)c1cc(F)cn2c(C3CC3)nnc12.O=C(O)c1cccn2c(-c3ccco3)nnc12. The van der Waals surface area contributed by atoms with Gasteiger partial charge in [-0.15, -0.1) is 71.4 Å². The fourth-order valence-electron chi connectivity index (χ4n) is 11.3. The van der Waals surface area contributed by atoms with Gasteiger partial charge in [0.05, 0.1) is 6.26 Å². The van der Waals surface area contributed by atoms with Crippen LogP contribution in [0.15, 0.2) is 130 Å². The molecular formula is C72H66Br2F3N21O16. The number of halogens is 5. The number of methoxy groups -OCH3 is 1. The zero-order valence-electron chi connectivity index (χ0n) is 61.3. The second kappa shape index (κ2) is 33.3. The molecule has 15 heterocycles. The molecule has 590 valence electrons. The lowest BCUT2D eigenvalue weighted by molar-refractivity contribution is 0.0687. The molecule has 0 aromatic carbocycles. The highest BCUT2D eigenvalue weighted by Gasteiger charge is 2.32. The maximum Gasteiger partial charge on any atom is 0.339 e. The van der Waals surface area contributed by atoms with Crippen LogP contribution in [-0.4, -0.2) is 187 Å². The summed E-state index contributed by atoms with van der Waals surface area (Å²) < 4.78 is 62.3. The molecule has 0 atom stereocenters. The van der Waals surface area contributed by atoms with E-state index < -0.39 is 59.2 Å². The summed E-state index contributed by atoms with van der Waals surface area (Å²) in [5.41, 5.74) is 1.43. The summed E-state index contributed by atoms with van der Waals surface area (Å²) in [6, 6.07) is 15.6. The molecule has 42 heteroatoms. The molecule has 17 rings (SSSR count). The smallest absolute Gasteiger partial charge is 0.339 e. The van der Waals surface area contributed by atoms with Crippen molar-refractivity contribution in [3.63, 3.8) is 0 Å². The van der Waals surface area contributed by atoms with Gasteiger partial charge in [-0.05, 0) is 124 Å². The Kier molecular flexibility index (Phi) is 23.8. The molecule has 2 saturated carbocycles. The Morgan fingerprint density at radius 2 is 0.789 bits per heavy atom. The van der Waals surface area contributed by atoms with E-state index in [-0.39, 0.29) is 72.6 Å². The molecule has 7 N–H and O–H groups in total. The number of rotatable bonds is 13. The largest absolute Gasteiger partial charge is 0.478 e. The molecule has 15 aromatic heterocycles. The minimum absolute atomic E-state index is 0.0402. The second-order valence-electron chi connectivity index (χ2n) is 27.7. The number of aromatic carboxylic acids is 7. The van der Waals surface area contributed by atoms with Crippen LogP contribution in [0.5, 0.6) is 0 Å². The van der Waals surface area contributed by atoms with Crippen molar-refractivity contribution < 1.29 is 91.6 Å². The molecule has 37 nitrogen and oxygen atoms in total. The molecule has 2 fully saturated rings. The number of pyridine rings is 7. The minimum Gasteiger partial charge on any atom is -0.478 e. The molecule has 2 aliphatic rings. The topological polar surface area (TPSA) is 495 Å². The molecule has 0 saturated heterocycles. The van der Waals surface area contributed by atoms with Crippen molar-refractivity contribution in [2.75, 3.05) is 7.11 Å². The number of carbonyl (C=O) groups is 7. The summed E-state index contributed by atoms with van der Waals surface area (Å²) in [7, 11) is 1.54. The molecule has 2 aliphatic carbocycles. The summed E-state index contributed by atoms with van der Waals surface area (Å²) in [5, 5.41) is 118. The quantitative estimate of drug-likeness (QED) is 0.0563. The number of fused-ring (bicyclic) bond motifs is 7. The number of hydrogen-bond acceptors (Lipinski definition) is 23. The fraction of sp³-hybridized carbons (Fsp3) is 0.264. The van der Waals surface area contributed by atoms with Crippen molar-refractivity contribution >= 4 is 113 Å². The third kappa shape index (κ3) is 17.8. The average Bonchev–Trinajstić information content (AvgIpc) is 1.62. The standard InChI is InChI=1S/C11H12BrN3O2.C11H12FN3O2.C11H7N3O3.C10H8BrN3O2.C10H8FN3O2.C10H10FN3O2.C9H9N3O3/c2*1-11(2,3)10-14-13-8-7(9(16)17)4-6(12)5-15(8)10;15-11(16)7-3-1-5-14-9(7)12-13-10(14)8-4-2-6-17-8;2*11-6-3-7(10(15)16)9-13-12-8(5-1-2-5)14(9)4-6;1-5(2)8-12-13-9-7(10(15)16)3-6(11)4-14(8)9;1-15-5-7-10-11-8-6(9(13)14)3-2-4-12(7)8/h2*4-5H,1-3H3,(H,16,17);1-6H,(H,15,16);2*3-5H,1-2H2,(H,15,16);3-5H,1-2H3,(H,15,16);2-4H,5H2,1H3,(H,13,14). The van der Waals surface area contributed by atoms with Crippen molar-refractivity contribution in [3.05, 3.63) is 217 Å². The predicted molar refractivity (Wildman–Crippen MR) is 399 cm³/mol. The van der Waals surface area contributed by atoms with Crippen molar-refractivity contribution in [1.29, 1.82) is 0 Å². The molecule has 114 heavy (non-hydrogen) atoms. The highest BCUT2D eigenvalue weighted by atomic mass is 79.9. The Bertz CT molecular complexity index is 5880. The molecule has 0 spiro atoms. The average molecular weight is 1700 g/mol. The van der Waals surface area contributed by atoms with Gasteiger partial charge in [0.25, 0.3) is 0 Å². The van der Waals surface area contributed by atoms with Gasteiger partial charge in [-0.1, -0.05) is 55.4 Å². The molecule has 15 aromatic rings. The highest BCUT2D eigenvalue weighted by molar-refractivity contribution is 9.10. The van der Waals surface area contributed by atoms with Crippen LogP contribution in [0.2, 0.25) is 0 Å². The number of aromatic nitrogens is 21. The number of furan rings is 1. The van der Waals surface area contributed by atoms with E-state index in [9.17, 15) is 46.7 Å². The molecule has 0 amide bonds. The number of hydrogen-bond donors (Lipinski definition) is 7. The van der Waals surface area contributed by atoms with E-state index in [2.05, 4.69) is 103 Å². The minimum atomic E-state index is -1.22. The van der Waals surface area contributed by atoms with Crippen LogP contribution in [0.4, 0.5) is 13.2 Å². The van der Waals surface area contributed by atoms with E-state index in [0.717, 1.165) is 60.0 Å². The van der Waals surface area contributed by atoms with Crippen molar-refractivity contribution in [3.8, 4) is 11.6 Å². The first-order chi connectivity index (χ1) is 53.9. The van der Waals surface area contributed by atoms with E-state index in [1.807, 2.05) is 61.6 Å². The van der Waals surface area contributed by atoms with Crippen molar-refractivity contribution in [1.82, 2.24) is 102 Å². The van der Waals surface area contributed by atoms with Gasteiger partial charge in [-0.25, -0.2) is 46.7 Å². The second-order valence-corrected chi connectivity index (χ2v) is 29.5. The zero-order valence-corrected chi connectivity index (χ0v) is 64.5. The summed E-state index contributed by atoms with van der Waals surface area (Å²) >= 11 is 6.60. The zero-order chi connectivity index (χ0) is 82.7. The van der Waals surface area contributed by atoms with Gasteiger partial charge in [-0.2, -0.15) is 0 Å². The van der Waals surface area contributed by atoms with E-state index >= 15 is 0 Å². The third-order valence-electron chi connectivity index (χ3n) is 16.7. The summed E-state index contributed by atoms with van der Waals surface area (Å²) in [6.45, 7) is 15.8. The molecular weight excluding hydrogens is 1630 g/mol. The van der Waals surface area contributed by atoms with Crippen LogP contribution >= 0.6 is 31.9 Å². The first kappa shape index (κ1) is 81.6. The van der Waals surface area contributed by atoms with E-state index in [0.29, 0.717) is 80.4 Å². The molecule has 0 bridgehead atoms. The van der Waals surface area contributed by atoms with Crippen molar-refractivity contribution in [2.45, 2.75) is 116 Å². The first-order valence-corrected chi connectivity index (χ1v) is 35.6. The van der Waals surface area contributed by atoms with Crippen LogP contribution < -0.4 is 0 Å². The number of ether oxygens (including phenoxy) is 1. The van der Waals surface area contributed by atoms with Gasteiger partial charge in [0.1, 0.15) is 92.1 Å². The maximum atomic E-state index is 13.4. The summed E-state index contributed by atoms with van der Waals surface area (Å²) in [6.07, 6.45) is 16.4. The van der Waals surface area contributed by atoms with E-state index in [1.165, 1.54) is 56.3 Å². The summed E-state index contributed by atoms with van der Waals surface area (Å²) in [4.78, 5) is 76.9. The van der Waals surface area contributed by atoms with Gasteiger partial charge in [-0.3, -0.25) is 30.8 Å². The van der Waals surface area contributed by atoms with E-state index in [1.54, 1.807) is 73.6 Å². The Morgan fingerprint density at radius 3 is 1.21 bits per heavy atom. The van der Waals surface area contributed by atoms with E-state index in [4.69, 9.17) is 44.9 Å². The summed E-state index contributed by atoms with van der Waals surface area (Å²) in [5.74, 6) is -3.84. The lowest BCUT2D eigenvalue weighted by Gasteiger charge is -2.15. The van der Waals surface area contributed by atoms with Crippen LogP contribution in [0.1, 0.15) is 206 Å². The van der Waals surface area contributed by atoms with Crippen molar-refractivity contribution in [2.24, 2.45) is 0 Å². The predicted octanol–water partition coefficient (Wildman–Crippen LogP) is 11.8. The van der Waals surface area contributed by atoms with Crippen LogP contribution in [0.3, 0.4) is 0 Å². The highest BCUT2D eigenvalue weighted by Crippen LogP contribution is 2.40. The Hall–Kier alpha value is -13.4. The lowest BCUT2D eigenvalue weighted by atomic mass is 9.96. The van der Waals surface area contributed by atoms with Crippen LogP contribution in [-0.2, 0) is 22.2 Å². The third-order valence-corrected chi connectivity index (χ3v) is 17.6. The van der Waals surface area contributed by atoms with Gasteiger partial charge >= 0.3 is 41.8 Å². The maximum absolute atomic E-state index is 13.4. The van der Waals surface area contributed by atoms with Gasteiger partial charge < -0.3 is 44.9 Å². The lowest BCUT2D eigenvalue weighted by Crippen LogP contribution is -2.16. The van der Waals surface area contributed by atoms with Crippen LogP contribution in [0.25, 0.3) is 51.1 Å². The molecule has 0 aliphatic heterocycles. The monoisotopic (exact) mass is 1700 g/mol. The normalized spacial score (nSPS) is 12.6. The number of carboxylic acid groups (broad SMARTS) is 7. The Morgan fingerprint density at radius 1 is 0.439 bits per heavy atom. The van der Waals surface area contributed by atoms with Gasteiger partial charge in [0, 0.05) is 88.0 Å². The Balaban J connectivity index is 0.000000131. The Labute approximate surface area is 655 Å². The molecule has 0 radical (unpaired) electrons. The molecule has 0 unspecified atom stereocenters. The first-order valence-electron chi connectivity index (χ1n) is 34.0. The van der Waals surface area contributed by atoms with Crippen LogP contribution in [0, 0.1) is 17.5 Å².